The molecule has 1 unspecified atom stereocenters. The third-order valence-electron chi connectivity index (χ3n) is 4.10. The Morgan fingerprint density at radius 3 is 2.62 bits per heavy atom. The highest BCUT2D eigenvalue weighted by atomic mass is 16.3. The van der Waals surface area contributed by atoms with E-state index in [2.05, 4.69) is 10.2 Å². The molecule has 0 aromatic heterocycles. The molecule has 21 heavy (non-hydrogen) atoms. The number of likely N-dealkylation sites (tertiary alicyclic amines) is 1. The third kappa shape index (κ3) is 5.12. The summed E-state index contributed by atoms with van der Waals surface area (Å²) in [4.78, 5) is 13.4. The van der Waals surface area contributed by atoms with Gasteiger partial charge in [0.15, 0.2) is 0 Å². The fourth-order valence-corrected chi connectivity index (χ4v) is 2.73. The van der Waals surface area contributed by atoms with Crippen LogP contribution in [0.3, 0.4) is 0 Å². The number of nitrogens with zero attached hydrogens (tertiary/aromatic N) is 1. The van der Waals surface area contributed by atoms with E-state index < -0.39 is 6.10 Å². The van der Waals surface area contributed by atoms with Gasteiger partial charge in [-0.15, -0.1) is 0 Å². The van der Waals surface area contributed by atoms with Gasteiger partial charge in [-0.2, -0.15) is 0 Å². The molecule has 5 nitrogen and oxygen atoms in total. The minimum atomic E-state index is -0.431. The van der Waals surface area contributed by atoms with E-state index in [0.717, 1.165) is 31.5 Å². The lowest BCUT2D eigenvalue weighted by molar-refractivity contribution is -0.120. The van der Waals surface area contributed by atoms with Gasteiger partial charge in [-0.25, -0.2) is 0 Å². The summed E-state index contributed by atoms with van der Waals surface area (Å²) in [6.07, 6.45) is 1.67. The Morgan fingerprint density at radius 2 is 2.00 bits per heavy atom. The number of aliphatic hydroxyl groups excluding tert-OH is 1. The van der Waals surface area contributed by atoms with Gasteiger partial charge in [0.25, 0.3) is 0 Å². The minimum absolute atomic E-state index is 0.0577. The van der Waals surface area contributed by atoms with E-state index in [9.17, 15) is 9.90 Å². The maximum atomic E-state index is 11.1. The maximum Gasteiger partial charge on any atom is 0.233 e. The molecule has 0 aliphatic carbocycles. The molecule has 1 aliphatic rings. The zero-order valence-electron chi connectivity index (χ0n) is 12.4. The first kappa shape index (κ1) is 15.9. The number of β-amino-alcohol motifs (C(OH)–C–C–N with tert-alkyl or cyclic N) is 1. The molecule has 116 valence electrons. The molecule has 1 atom stereocenters. The van der Waals surface area contributed by atoms with Crippen molar-refractivity contribution in [2.75, 3.05) is 32.7 Å². The van der Waals surface area contributed by atoms with Crippen LogP contribution in [-0.2, 0) is 4.79 Å². The van der Waals surface area contributed by atoms with Crippen LogP contribution in [-0.4, -0.2) is 48.6 Å². The van der Waals surface area contributed by atoms with Crippen LogP contribution in [0.1, 0.15) is 24.5 Å². The molecule has 1 aromatic carbocycles. The molecule has 0 spiro atoms. The second-order valence-electron chi connectivity index (χ2n) is 5.68. The number of piperidine rings is 1. The number of rotatable bonds is 6. The highest BCUT2D eigenvalue weighted by Crippen LogP contribution is 2.20. The highest BCUT2D eigenvalue weighted by molar-refractivity contribution is 5.77. The number of amides is 1. The summed E-state index contributed by atoms with van der Waals surface area (Å²) in [7, 11) is 0. The van der Waals surface area contributed by atoms with Gasteiger partial charge >= 0.3 is 0 Å². The fourth-order valence-electron chi connectivity index (χ4n) is 2.73. The monoisotopic (exact) mass is 291 g/mol. The number of carbonyl (C=O) groups excluding carboxylic acids is 1. The summed E-state index contributed by atoms with van der Waals surface area (Å²) in [6.45, 7) is 3.37. The molecular weight excluding hydrogens is 266 g/mol. The van der Waals surface area contributed by atoms with Crippen molar-refractivity contribution in [1.82, 2.24) is 10.2 Å². The zero-order chi connectivity index (χ0) is 15.1. The van der Waals surface area contributed by atoms with Crippen molar-refractivity contribution in [2.45, 2.75) is 18.9 Å². The van der Waals surface area contributed by atoms with E-state index in [1.54, 1.807) is 0 Å². The number of hydrogen-bond donors (Lipinski definition) is 3. The van der Waals surface area contributed by atoms with E-state index in [1.807, 2.05) is 30.3 Å². The number of hydrogen-bond acceptors (Lipinski definition) is 4. The molecule has 1 fully saturated rings. The fraction of sp³-hybridized carbons (Fsp3) is 0.562. The van der Waals surface area contributed by atoms with E-state index in [0.29, 0.717) is 19.0 Å². The van der Waals surface area contributed by atoms with E-state index in [4.69, 9.17) is 5.73 Å². The third-order valence-corrected chi connectivity index (χ3v) is 4.10. The van der Waals surface area contributed by atoms with Gasteiger partial charge in [-0.3, -0.25) is 4.79 Å². The molecule has 1 aliphatic heterocycles. The Balaban J connectivity index is 1.70. The molecule has 0 radical (unpaired) electrons. The number of benzene rings is 1. The van der Waals surface area contributed by atoms with Gasteiger partial charge < -0.3 is 21.1 Å². The Bertz CT molecular complexity index is 430. The molecule has 1 heterocycles. The van der Waals surface area contributed by atoms with Crippen LogP contribution in [0.2, 0.25) is 0 Å². The van der Waals surface area contributed by atoms with Gasteiger partial charge in [-0.05, 0) is 37.4 Å². The first-order valence-corrected chi connectivity index (χ1v) is 7.61. The maximum absolute atomic E-state index is 11.1. The first-order valence-electron chi connectivity index (χ1n) is 7.61. The predicted molar refractivity (Wildman–Crippen MR) is 82.6 cm³/mol. The van der Waals surface area contributed by atoms with Crippen LogP contribution < -0.4 is 11.1 Å². The summed E-state index contributed by atoms with van der Waals surface area (Å²) in [5, 5.41) is 13.1. The van der Waals surface area contributed by atoms with E-state index in [1.165, 1.54) is 0 Å². The molecular formula is C16H25N3O2. The summed E-state index contributed by atoms with van der Waals surface area (Å²) < 4.78 is 0. The average Bonchev–Trinajstić information content (AvgIpc) is 2.54. The van der Waals surface area contributed by atoms with Gasteiger partial charge in [-0.1, -0.05) is 30.3 Å². The molecule has 1 saturated heterocycles. The topological polar surface area (TPSA) is 78.6 Å². The highest BCUT2D eigenvalue weighted by Gasteiger charge is 2.21. The molecule has 4 N–H and O–H groups in total. The Hall–Kier alpha value is -1.43. The van der Waals surface area contributed by atoms with Gasteiger partial charge in [0.05, 0.1) is 12.6 Å². The standard InChI is InChI=1S/C16H25N3O2/c17-10-16(21)18-11-13-6-8-19(9-7-13)12-15(20)14-4-2-1-3-5-14/h1-5,13,15,20H,6-12,17H2,(H,18,21). The Labute approximate surface area is 126 Å². The summed E-state index contributed by atoms with van der Waals surface area (Å²) in [5.74, 6) is 0.433. The minimum Gasteiger partial charge on any atom is -0.387 e. The average molecular weight is 291 g/mol. The van der Waals surface area contributed by atoms with Crippen LogP contribution in [0.5, 0.6) is 0 Å². The molecule has 0 saturated carbocycles. The Morgan fingerprint density at radius 1 is 1.33 bits per heavy atom. The van der Waals surface area contributed by atoms with Crippen molar-refractivity contribution in [3.63, 3.8) is 0 Å². The van der Waals surface area contributed by atoms with Crippen molar-refractivity contribution < 1.29 is 9.90 Å². The van der Waals surface area contributed by atoms with Crippen LogP contribution in [0, 0.1) is 5.92 Å². The first-order chi connectivity index (χ1) is 10.2. The largest absolute Gasteiger partial charge is 0.387 e. The van der Waals surface area contributed by atoms with Crippen molar-refractivity contribution in [2.24, 2.45) is 11.7 Å². The van der Waals surface area contributed by atoms with Crippen molar-refractivity contribution in [3.8, 4) is 0 Å². The van der Waals surface area contributed by atoms with Gasteiger partial charge in [0, 0.05) is 13.1 Å². The molecule has 2 rings (SSSR count). The summed E-state index contributed by atoms with van der Waals surface area (Å²) >= 11 is 0. The normalized spacial score (nSPS) is 18.4. The summed E-state index contributed by atoms with van der Waals surface area (Å²) in [6, 6.07) is 9.77. The SMILES string of the molecule is NCC(=O)NCC1CCN(CC(O)c2ccccc2)CC1. The van der Waals surface area contributed by atoms with Crippen molar-refractivity contribution in [3.05, 3.63) is 35.9 Å². The molecule has 0 bridgehead atoms. The quantitative estimate of drug-likeness (QED) is 0.713. The lowest BCUT2D eigenvalue weighted by Gasteiger charge is -2.33. The molecule has 1 amide bonds. The number of aliphatic hydroxyl groups is 1. The summed E-state index contributed by atoms with van der Waals surface area (Å²) in [5.41, 5.74) is 6.24. The molecule has 5 heteroatoms. The second kappa shape index (κ2) is 8.12. The lowest BCUT2D eigenvalue weighted by atomic mass is 9.96. The smallest absolute Gasteiger partial charge is 0.233 e. The molecule has 1 aromatic rings. The van der Waals surface area contributed by atoms with Crippen LogP contribution in [0.15, 0.2) is 30.3 Å². The van der Waals surface area contributed by atoms with E-state index >= 15 is 0 Å². The van der Waals surface area contributed by atoms with Crippen molar-refractivity contribution in [1.29, 1.82) is 0 Å². The predicted octanol–water partition coefficient (Wildman–Crippen LogP) is 0.507. The van der Waals surface area contributed by atoms with Crippen LogP contribution in [0.4, 0.5) is 0 Å². The zero-order valence-corrected chi connectivity index (χ0v) is 12.4. The Kier molecular flexibility index (Phi) is 6.17. The van der Waals surface area contributed by atoms with Crippen molar-refractivity contribution >= 4 is 5.91 Å². The second-order valence-corrected chi connectivity index (χ2v) is 5.68. The number of carbonyl (C=O) groups is 1. The van der Waals surface area contributed by atoms with Crippen LogP contribution in [0.25, 0.3) is 0 Å². The van der Waals surface area contributed by atoms with Gasteiger partial charge in [0.1, 0.15) is 0 Å². The number of nitrogens with two attached hydrogens (primary N) is 1. The van der Waals surface area contributed by atoms with Gasteiger partial charge in [0.2, 0.25) is 5.91 Å². The van der Waals surface area contributed by atoms with Crippen LogP contribution >= 0.6 is 0 Å². The lowest BCUT2D eigenvalue weighted by Crippen LogP contribution is -2.41. The van der Waals surface area contributed by atoms with E-state index in [-0.39, 0.29) is 12.5 Å². The number of nitrogens with one attached hydrogen (secondary N) is 1.